The monoisotopic (exact) mass is 249 g/mol. The van der Waals surface area contributed by atoms with E-state index in [0.717, 1.165) is 32.5 Å². The van der Waals surface area contributed by atoms with Gasteiger partial charge in [-0.2, -0.15) is 0 Å². The predicted octanol–water partition coefficient (Wildman–Crippen LogP) is 3.10. The van der Waals surface area contributed by atoms with Crippen LogP contribution in [0, 0.1) is 0 Å². The molecule has 0 aromatic heterocycles. The summed E-state index contributed by atoms with van der Waals surface area (Å²) >= 11 is 0. The SMILES string of the molecule is CCCN(CC)CCC(C)(O)Cc1ccccc1. The lowest BCUT2D eigenvalue weighted by molar-refractivity contribution is 0.0401. The molecule has 0 aliphatic rings. The Bertz CT molecular complexity index is 321. The van der Waals surface area contributed by atoms with Crippen LogP contribution < -0.4 is 0 Å². The van der Waals surface area contributed by atoms with Crippen molar-refractivity contribution in [3.05, 3.63) is 35.9 Å². The molecule has 0 radical (unpaired) electrons. The Hall–Kier alpha value is -0.860. The van der Waals surface area contributed by atoms with E-state index in [4.69, 9.17) is 0 Å². The first-order valence-corrected chi connectivity index (χ1v) is 7.06. The third kappa shape index (κ3) is 5.65. The summed E-state index contributed by atoms with van der Waals surface area (Å²) in [6.45, 7) is 9.49. The summed E-state index contributed by atoms with van der Waals surface area (Å²) in [5, 5.41) is 10.5. The highest BCUT2D eigenvalue weighted by molar-refractivity contribution is 5.16. The quantitative estimate of drug-likeness (QED) is 0.765. The number of hydrogen-bond donors (Lipinski definition) is 1. The smallest absolute Gasteiger partial charge is 0.0672 e. The van der Waals surface area contributed by atoms with Crippen LogP contribution in [0.1, 0.15) is 39.2 Å². The van der Waals surface area contributed by atoms with E-state index in [1.54, 1.807) is 0 Å². The zero-order chi connectivity index (χ0) is 13.4. The first-order chi connectivity index (χ1) is 8.57. The lowest BCUT2D eigenvalue weighted by atomic mass is 9.93. The van der Waals surface area contributed by atoms with Crippen molar-refractivity contribution in [1.29, 1.82) is 0 Å². The van der Waals surface area contributed by atoms with Crippen LogP contribution in [0.4, 0.5) is 0 Å². The molecule has 1 N–H and O–H groups in total. The zero-order valence-corrected chi connectivity index (χ0v) is 12.0. The van der Waals surface area contributed by atoms with E-state index in [2.05, 4.69) is 30.9 Å². The summed E-state index contributed by atoms with van der Waals surface area (Å²) in [5.74, 6) is 0. The average Bonchev–Trinajstić information content (AvgIpc) is 2.35. The van der Waals surface area contributed by atoms with Gasteiger partial charge in [-0.15, -0.1) is 0 Å². The Balaban J connectivity index is 2.44. The first kappa shape index (κ1) is 15.2. The summed E-state index contributed by atoms with van der Waals surface area (Å²) in [6, 6.07) is 10.2. The molecule has 0 amide bonds. The van der Waals surface area contributed by atoms with Crippen LogP contribution in [0.3, 0.4) is 0 Å². The highest BCUT2D eigenvalue weighted by Gasteiger charge is 2.21. The molecule has 0 bridgehead atoms. The fraction of sp³-hybridized carbons (Fsp3) is 0.625. The third-order valence-corrected chi connectivity index (χ3v) is 3.38. The molecule has 0 saturated carbocycles. The second-order valence-electron chi connectivity index (χ2n) is 5.34. The molecular formula is C16H27NO. The number of nitrogens with zero attached hydrogens (tertiary/aromatic N) is 1. The molecule has 1 aromatic rings. The van der Waals surface area contributed by atoms with Gasteiger partial charge in [0, 0.05) is 13.0 Å². The number of aliphatic hydroxyl groups is 1. The van der Waals surface area contributed by atoms with Crippen LogP contribution >= 0.6 is 0 Å². The Morgan fingerprint density at radius 3 is 2.33 bits per heavy atom. The standard InChI is InChI=1S/C16H27NO/c1-4-12-17(5-2)13-11-16(3,18)14-15-9-7-6-8-10-15/h6-10,18H,4-5,11-14H2,1-3H3. The molecule has 0 heterocycles. The van der Waals surface area contributed by atoms with Crippen molar-refractivity contribution in [2.75, 3.05) is 19.6 Å². The fourth-order valence-corrected chi connectivity index (χ4v) is 2.27. The van der Waals surface area contributed by atoms with Crippen LogP contribution in [-0.4, -0.2) is 35.2 Å². The highest BCUT2D eigenvalue weighted by Crippen LogP contribution is 2.17. The maximum absolute atomic E-state index is 10.5. The maximum atomic E-state index is 10.5. The normalized spacial score (nSPS) is 14.7. The third-order valence-electron chi connectivity index (χ3n) is 3.38. The van der Waals surface area contributed by atoms with Crippen LogP contribution in [0.2, 0.25) is 0 Å². The lowest BCUT2D eigenvalue weighted by Gasteiger charge is -2.27. The van der Waals surface area contributed by atoms with Crippen LogP contribution in [0.15, 0.2) is 30.3 Å². The van der Waals surface area contributed by atoms with Crippen LogP contribution in [0.5, 0.6) is 0 Å². The molecule has 1 rings (SSSR count). The van der Waals surface area contributed by atoms with E-state index in [0.29, 0.717) is 0 Å². The molecule has 102 valence electrons. The molecule has 0 aliphatic carbocycles. The van der Waals surface area contributed by atoms with Gasteiger partial charge in [-0.25, -0.2) is 0 Å². The molecule has 0 saturated heterocycles. The molecule has 0 fully saturated rings. The molecule has 2 nitrogen and oxygen atoms in total. The van der Waals surface area contributed by atoms with E-state index in [9.17, 15) is 5.11 Å². The molecule has 1 aromatic carbocycles. The van der Waals surface area contributed by atoms with Gasteiger partial charge >= 0.3 is 0 Å². The largest absolute Gasteiger partial charge is 0.390 e. The second-order valence-corrected chi connectivity index (χ2v) is 5.34. The molecule has 18 heavy (non-hydrogen) atoms. The van der Waals surface area contributed by atoms with Gasteiger partial charge in [0.05, 0.1) is 5.60 Å². The first-order valence-electron chi connectivity index (χ1n) is 7.06. The number of hydrogen-bond acceptors (Lipinski definition) is 2. The van der Waals surface area contributed by atoms with Crippen molar-refractivity contribution >= 4 is 0 Å². The molecular weight excluding hydrogens is 222 g/mol. The van der Waals surface area contributed by atoms with Crippen LogP contribution in [0.25, 0.3) is 0 Å². The van der Waals surface area contributed by atoms with Gasteiger partial charge in [0.1, 0.15) is 0 Å². The minimum atomic E-state index is -0.609. The summed E-state index contributed by atoms with van der Waals surface area (Å²) in [4.78, 5) is 2.40. The van der Waals surface area contributed by atoms with E-state index in [-0.39, 0.29) is 0 Å². The summed E-state index contributed by atoms with van der Waals surface area (Å²) < 4.78 is 0. The number of rotatable bonds is 8. The molecule has 0 spiro atoms. The molecule has 1 atom stereocenters. The van der Waals surface area contributed by atoms with Crippen molar-refractivity contribution < 1.29 is 5.11 Å². The number of benzene rings is 1. The van der Waals surface area contributed by atoms with Gasteiger partial charge in [0.2, 0.25) is 0 Å². The van der Waals surface area contributed by atoms with Gasteiger partial charge < -0.3 is 10.0 Å². The lowest BCUT2D eigenvalue weighted by Crippen LogP contribution is -2.35. The second kappa shape index (κ2) is 7.55. The molecule has 1 unspecified atom stereocenters. The average molecular weight is 249 g/mol. The predicted molar refractivity (Wildman–Crippen MR) is 77.8 cm³/mol. The van der Waals surface area contributed by atoms with Crippen molar-refractivity contribution in [2.24, 2.45) is 0 Å². The van der Waals surface area contributed by atoms with Crippen molar-refractivity contribution in [1.82, 2.24) is 4.90 Å². The Morgan fingerprint density at radius 1 is 1.11 bits per heavy atom. The van der Waals surface area contributed by atoms with E-state index < -0.39 is 5.60 Å². The Labute approximate surface area is 112 Å². The van der Waals surface area contributed by atoms with E-state index in [1.165, 1.54) is 12.0 Å². The van der Waals surface area contributed by atoms with Gasteiger partial charge in [0.15, 0.2) is 0 Å². The summed E-state index contributed by atoms with van der Waals surface area (Å²) in [7, 11) is 0. The van der Waals surface area contributed by atoms with Gasteiger partial charge in [-0.1, -0.05) is 44.2 Å². The van der Waals surface area contributed by atoms with Crippen molar-refractivity contribution in [3.63, 3.8) is 0 Å². The van der Waals surface area contributed by atoms with Gasteiger partial charge in [0.25, 0.3) is 0 Å². The molecule has 0 aliphatic heterocycles. The maximum Gasteiger partial charge on any atom is 0.0672 e. The van der Waals surface area contributed by atoms with Gasteiger partial charge in [-0.05, 0) is 38.4 Å². The minimum absolute atomic E-state index is 0.609. The zero-order valence-electron chi connectivity index (χ0n) is 12.0. The van der Waals surface area contributed by atoms with E-state index >= 15 is 0 Å². The summed E-state index contributed by atoms with van der Waals surface area (Å²) in [6.07, 6.45) is 2.74. The minimum Gasteiger partial charge on any atom is -0.390 e. The summed E-state index contributed by atoms with van der Waals surface area (Å²) in [5.41, 5.74) is 0.601. The Kier molecular flexibility index (Phi) is 6.37. The Morgan fingerprint density at radius 2 is 1.78 bits per heavy atom. The highest BCUT2D eigenvalue weighted by atomic mass is 16.3. The van der Waals surface area contributed by atoms with Crippen LogP contribution in [-0.2, 0) is 6.42 Å². The van der Waals surface area contributed by atoms with Crippen molar-refractivity contribution in [3.8, 4) is 0 Å². The topological polar surface area (TPSA) is 23.5 Å². The van der Waals surface area contributed by atoms with Crippen molar-refractivity contribution in [2.45, 2.75) is 45.6 Å². The molecule has 2 heteroatoms. The fourth-order valence-electron chi connectivity index (χ4n) is 2.27. The van der Waals surface area contributed by atoms with E-state index in [1.807, 2.05) is 25.1 Å². The van der Waals surface area contributed by atoms with Gasteiger partial charge in [-0.3, -0.25) is 0 Å².